The molecule has 2 heterocycles. The van der Waals surface area contributed by atoms with Gasteiger partial charge in [-0.15, -0.1) is 0 Å². The third-order valence-electron chi connectivity index (χ3n) is 5.72. The van der Waals surface area contributed by atoms with E-state index in [0.29, 0.717) is 12.0 Å². The molecule has 2 aliphatic rings. The summed E-state index contributed by atoms with van der Waals surface area (Å²) in [6.07, 6.45) is 9.22. The van der Waals surface area contributed by atoms with Crippen LogP contribution in [0.25, 0.3) is 0 Å². The zero-order valence-electron chi connectivity index (χ0n) is 14.6. The molecule has 0 radical (unpaired) electrons. The van der Waals surface area contributed by atoms with Crippen molar-refractivity contribution in [3.63, 3.8) is 0 Å². The summed E-state index contributed by atoms with van der Waals surface area (Å²) >= 11 is 0. The lowest BCUT2D eigenvalue weighted by atomic mass is 9.79. The van der Waals surface area contributed by atoms with E-state index in [-0.39, 0.29) is 5.41 Å². The third kappa shape index (κ3) is 4.14. The average Bonchev–Trinajstić information content (AvgIpc) is 3.01. The van der Waals surface area contributed by atoms with Gasteiger partial charge in [0.1, 0.15) is 0 Å². The van der Waals surface area contributed by atoms with E-state index in [0.717, 1.165) is 39.2 Å². The second-order valence-electron chi connectivity index (χ2n) is 7.37. The number of nitrogens with zero attached hydrogens (tertiary/aromatic N) is 2. The first-order chi connectivity index (χ1) is 11.2. The molecule has 1 saturated carbocycles. The molecule has 2 unspecified atom stereocenters. The second kappa shape index (κ2) is 7.77. The average molecular weight is 321 g/mol. The number of aromatic nitrogens is 2. The van der Waals surface area contributed by atoms with Gasteiger partial charge in [0.05, 0.1) is 6.61 Å². The lowest BCUT2D eigenvalue weighted by Gasteiger charge is -2.39. The van der Waals surface area contributed by atoms with Crippen molar-refractivity contribution in [2.24, 2.45) is 12.5 Å². The van der Waals surface area contributed by atoms with Crippen LogP contribution in [0.3, 0.4) is 0 Å². The van der Waals surface area contributed by atoms with Gasteiger partial charge in [-0.1, -0.05) is 6.42 Å². The first kappa shape index (κ1) is 16.9. The van der Waals surface area contributed by atoms with E-state index in [4.69, 9.17) is 9.47 Å². The number of methoxy groups -OCH3 is 1. The summed E-state index contributed by atoms with van der Waals surface area (Å²) in [6.45, 7) is 3.62. The van der Waals surface area contributed by atoms with Crippen molar-refractivity contribution in [2.45, 2.75) is 50.5 Å². The summed E-state index contributed by atoms with van der Waals surface area (Å²) < 4.78 is 13.1. The van der Waals surface area contributed by atoms with Gasteiger partial charge in [-0.2, -0.15) is 5.10 Å². The molecule has 1 aromatic rings. The summed E-state index contributed by atoms with van der Waals surface area (Å²) in [4.78, 5) is 0. The number of rotatable bonds is 6. The highest BCUT2D eigenvalue weighted by atomic mass is 16.5. The highest BCUT2D eigenvalue weighted by molar-refractivity contribution is 5.09. The molecule has 1 saturated heterocycles. The summed E-state index contributed by atoms with van der Waals surface area (Å²) in [6, 6.07) is 2.79. The topological polar surface area (TPSA) is 48.3 Å². The van der Waals surface area contributed by atoms with E-state index in [1.165, 1.54) is 31.4 Å². The Labute approximate surface area is 139 Å². The van der Waals surface area contributed by atoms with E-state index in [2.05, 4.69) is 23.5 Å². The van der Waals surface area contributed by atoms with E-state index >= 15 is 0 Å². The molecule has 1 aliphatic heterocycles. The van der Waals surface area contributed by atoms with Gasteiger partial charge in [-0.05, 0) is 38.2 Å². The SMILES string of the molecule is COCC1(CNC2CCCC(c3ccnn3C)C2)CCOCC1. The van der Waals surface area contributed by atoms with Crippen molar-refractivity contribution in [1.82, 2.24) is 15.1 Å². The van der Waals surface area contributed by atoms with Crippen molar-refractivity contribution in [3.8, 4) is 0 Å². The van der Waals surface area contributed by atoms with Crippen LogP contribution in [0, 0.1) is 5.41 Å². The zero-order valence-corrected chi connectivity index (χ0v) is 14.6. The predicted molar refractivity (Wildman–Crippen MR) is 90.6 cm³/mol. The maximum atomic E-state index is 5.55. The minimum Gasteiger partial charge on any atom is -0.384 e. The lowest BCUT2D eigenvalue weighted by Crippen LogP contribution is -2.46. The fourth-order valence-electron chi connectivity index (χ4n) is 4.27. The summed E-state index contributed by atoms with van der Waals surface area (Å²) in [5.41, 5.74) is 1.64. The molecule has 5 nitrogen and oxygen atoms in total. The summed E-state index contributed by atoms with van der Waals surface area (Å²) in [7, 11) is 3.87. The van der Waals surface area contributed by atoms with Crippen molar-refractivity contribution in [2.75, 3.05) is 33.5 Å². The van der Waals surface area contributed by atoms with Crippen molar-refractivity contribution in [1.29, 1.82) is 0 Å². The predicted octanol–water partition coefficient (Wildman–Crippen LogP) is 2.48. The Morgan fingerprint density at radius 1 is 1.39 bits per heavy atom. The number of nitrogens with one attached hydrogen (secondary N) is 1. The van der Waals surface area contributed by atoms with Crippen LogP contribution in [0.15, 0.2) is 12.3 Å². The van der Waals surface area contributed by atoms with Crippen LogP contribution in [0.5, 0.6) is 0 Å². The van der Waals surface area contributed by atoms with Crippen LogP contribution in [-0.4, -0.2) is 49.3 Å². The number of aryl methyl sites for hydroxylation is 1. The largest absolute Gasteiger partial charge is 0.384 e. The quantitative estimate of drug-likeness (QED) is 0.874. The Kier molecular flexibility index (Phi) is 5.72. The van der Waals surface area contributed by atoms with Gasteiger partial charge < -0.3 is 14.8 Å². The molecule has 5 heteroatoms. The van der Waals surface area contributed by atoms with E-state index in [9.17, 15) is 0 Å². The highest BCUT2D eigenvalue weighted by Crippen LogP contribution is 2.34. The molecule has 0 amide bonds. The van der Waals surface area contributed by atoms with Crippen LogP contribution in [-0.2, 0) is 16.5 Å². The Bertz CT molecular complexity index is 477. The maximum absolute atomic E-state index is 5.55. The second-order valence-corrected chi connectivity index (χ2v) is 7.37. The maximum Gasteiger partial charge on any atom is 0.0532 e. The van der Waals surface area contributed by atoms with Crippen molar-refractivity contribution in [3.05, 3.63) is 18.0 Å². The van der Waals surface area contributed by atoms with Crippen molar-refractivity contribution >= 4 is 0 Å². The first-order valence-corrected chi connectivity index (χ1v) is 9.00. The normalized spacial score (nSPS) is 27.9. The van der Waals surface area contributed by atoms with Gasteiger partial charge in [0.2, 0.25) is 0 Å². The summed E-state index contributed by atoms with van der Waals surface area (Å²) in [5.74, 6) is 0.641. The molecule has 1 N–H and O–H groups in total. The van der Waals surface area contributed by atoms with Crippen LogP contribution in [0.2, 0.25) is 0 Å². The first-order valence-electron chi connectivity index (χ1n) is 9.00. The van der Waals surface area contributed by atoms with E-state index in [1.54, 1.807) is 0 Å². The molecule has 0 spiro atoms. The summed E-state index contributed by atoms with van der Waals surface area (Å²) in [5, 5.41) is 8.20. The highest BCUT2D eigenvalue weighted by Gasteiger charge is 2.34. The molecule has 130 valence electrons. The Balaban J connectivity index is 1.56. The third-order valence-corrected chi connectivity index (χ3v) is 5.72. The van der Waals surface area contributed by atoms with Gasteiger partial charge >= 0.3 is 0 Å². The number of hydrogen-bond donors (Lipinski definition) is 1. The van der Waals surface area contributed by atoms with Gasteiger partial charge in [0.25, 0.3) is 0 Å². The number of hydrogen-bond acceptors (Lipinski definition) is 4. The molecule has 0 aromatic carbocycles. The molecule has 23 heavy (non-hydrogen) atoms. The smallest absolute Gasteiger partial charge is 0.0532 e. The fraction of sp³-hybridized carbons (Fsp3) is 0.833. The molecular weight excluding hydrogens is 290 g/mol. The Morgan fingerprint density at radius 2 is 2.22 bits per heavy atom. The molecule has 0 bridgehead atoms. The van der Waals surface area contributed by atoms with Crippen LogP contribution in [0.4, 0.5) is 0 Å². The minimum absolute atomic E-state index is 0.256. The molecule has 2 atom stereocenters. The van der Waals surface area contributed by atoms with Gasteiger partial charge in [0, 0.05) is 63.2 Å². The minimum atomic E-state index is 0.256. The molecule has 2 fully saturated rings. The molecule has 1 aliphatic carbocycles. The van der Waals surface area contributed by atoms with Crippen LogP contribution < -0.4 is 5.32 Å². The van der Waals surface area contributed by atoms with Gasteiger partial charge in [0.15, 0.2) is 0 Å². The van der Waals surface area contributed by atoms with Gasteiger partial charge in [-0.3, -0.25) is 4.68 Å². The zero-order chi connectivity index (χ0) is 16.1. The molecular formula is C18H31N3O2. The Hall–Kier alpha value is -0.910. The van der Waals surface area contributed by atoms with Gasteiger partial charge in [-0.25, -0.2) is 0 Å². The van der Waals surface area contributed by atoms with Crippen molar-refractivity contribution < 1.29 is 9.47 Å². The standard InChI is InChI=1S/C18H31N3O2/c1-21-17(6-9-20-21)15-4-3-5-16(12-15)19-13-18(14-22-2)7-10-23-11-8-18/h6,9,15-16,19H,3-5,7-8,10-14H2,1-2H3. The van der Waals surface area contributed by atoms with E-state index in [1.807, 2.05) is 18.0 Å². The van der Waals surface area contributed by atoms with Crippen LogP contribution in [0.1, 0.15) is 50.1 Å². The number of ether oxygens (including phenoxy) is 2. The molecule has 3 rings (SSSR count). The van der Waals surface area contributed by atoms with Crippen LogP contribution >= 0.6 is 0 Å². The lowest BCUT2D eigenvalue weighted by molar-refractivity contribution is -0.0285. The monoisotopic (exact) mass is 321 g/mol. The molecule has 1 aromatic heterocycles. The van der Waals surface area contributed by atoms with E-state index < -0.39 is 0 Å². The fourth-order valence-corrected chi connectivity index (χ4v) is 4.27. The Morgan fingerprint density at radius 3 is 2.91 bits per heavy atom.